The Hall–Kier alpha value is -3.63. The van der Waals surface area contributed by atoms with E-state index in [1.807, 2.05) is 0 Å². The van der Waals surface area contributed by atoms with Crippen LogP contribution in [0.15, 0.2) is 103 Å². The first-order chi connectivity index (χ1) is 34.5. The molecule has 0 spiro atoms. The molecule has 0 saturated carbocycles. The molecule has 2 heterocycles. The third kappa shape index (κ3) is 11.7. The molecule has 2 saturated heterocycles. The Kier molecular flexibility index (Phi) is 15.7. The minimum absolute atomic E-state index is 0.202. The van der Waals surface area contributed by atoms with Gasteiger partial charge in [0.25, 0.3) is 0 Å². The van der Waals surface area contributed by atoms with Crippen LogP contribution in [0.2, 0.25) is 0 Å². The van der Waals surface area contributed by atoms with Gasteiger partial charge in [0.1, 0.15) is 12.2 Å². The Morgan fingerprint density at radius 2 is 0.539 bits per heavy atom. The topological polar surface area (TPSA) is 36.9 Å². The third-order valence-corrected chi connectivity index (χ3v) is 18.3. The second-order valence-electron chi connectivity index (χ2n) is 31.1. The van der Waals surface area contributed by atoms with Crippen LogP contribution in [0.1, 0.15) is 260 Å². The molecular formula is C71H101O4P. The van der Waals surface area contributed by atoms with Crippen molar-refractivity contribution in [2.45, 2.75) is 265 Å². The van der Waals surface area contributed by atoms with Gasteiger partial charge in [0.05, 0.1) is 0 Å². The standard InChI is InChI=1S/C71H101O4P/c1-27-69(28-2)72-59-60(73-69)71(56-42-50(65(15,16)17)36-51(43-56)66(18,19)20,57-44-52(67(21,22)23)37-53(45-57)68(24,25)26)75-76(58-32-30-29-31-33-58)74-70(59,54-38-46(61(3,4)5)34-47(39-54)62(6,7)8)55-40-48(63(9,10)11)35-49(41-55)64(12,13)14/h29-45,59-60H,27-28H2,1-26H3/t59-,60-/m0/s1. The summed E-state index contributed by atoms with van der Waals surface area (Å²) in [6.07, 6.45) is -0.235. The van der Waals surface area contributed by atoms with Crippen LogP contribution in [0.25, 0.3) is 0 Å². The molecule has 0 unspecified atom stereocenters. The van der Waals surface area contributed by atoms with Gasteiger partial charge >= 0.3 is 0 Å². The first kappa shape index (κ1) is 60.0. The molecule has 0 amide bonds. The molecule has 2 fully saturated rings. The molecule has 76 heavy (non-hydrogen) atoms. The lowest BCUT2D eigenvalue weighted by Gasteiger charge is -2.44. The SMILES string of the molecule is CCC1(CC)O[C@H]2[C@H](O1)C(c1cc(C(C)(C)C)cc(C(C)(C)C)c1)(c1cc(C(C)(C)C)cc(C(C)(C)C)c1)OP(c1ccccc1)OC2(c1cc(C(C)(C)C)cc(C(C)(C)C)c1)c1cc(C(C)(C)C)cc(C(C)(C)C)c1. The Morgan fingerprint density at radius 1 is 0.329 bits per heavy atom. The minimum Gasteiger partial charge on any atom is -0.340 e. The molecule has 7 rings (SSSR count). The van der Waals surface area contributed by atoms with Crippen molar-refractivity contribution in [3.8, 4) is 0 Å². The van der Waals surface area contributed by atoms with Gasteiger partial charge in [-0.3, -0.25) is 0 Å². The molecule has 0 radical (unpaired) electrons. The largest absolute Gasteiger partial charge is 0.340 e. The van der Waals surface area contributed by atoms with E-state index in [-0.39, 0.29) is 43.3 Å². The molecule has 0 bridgehead atoms. The average molecular weight is 1050 g/mol. The fraction of sp³-hybridized carbons (Fsp3) is 0.577. The predicted octanol–water partition coefficient (Wildman–Crippen LogP) is 19.2. The quantitative estimate of drug-likeness (QED) is 0.152. The highest BCUT2D eigenvalue weighted by Crippen LogP contribution is 2.66. The van der Waals surface area contributed by atoms with E-state index >= 15 is 0 Å². The summed E-state index contributed by atoms with van der Waals surface area (Å²) in [6.45, 7) is 60.5. The maximum atomic E-state index is 8.65. The van der Waals surface area contributed by atoms with Gasteiger partial charge in [-0.25, -0.2) is 0 Å². The van der Waals surface area contributed by atoms with E-state index in [4.69, 9.17) is 18.5 Å². The van der Waals surface area contributed by atoms with Crippen molar-refractivity contribution < 1.29 is 18.5 Å². The predicted molar refractivity (Wildman–Crippen MR) is 325 cm³/mol. The van der Waals surface area contributed by atoms with Gasteiger partial charge in [-0.05, 0) is 135 Å². The van der Waals surface area contributed by atoms with Gasteiger partial charge in [0.15, 0.2) is 17.0 Å². The van der Waals surface area contributed by atoms with Crippen molar-refractivity contribution in [1.82, 2.24) is 0 Å². The van der Waals surface area contributed by atoms with Gasteiger partial charge in [0, 0.05) is 5.30 Å². The van der Waals surface area contributed by atoms with Crippen LogP contribution in [0.4, 0.5) is 0 Å². The Bertz CT molecular complexity index is 2420. The number of hydrogen-bond donors (Lipinski definition) is 0. The van der Waals surface area contributed by atoms with Crippen LogP contribution in [-0.2, 0) is 73.0 Å². The third-order valence-electron chi connectivity index (χ3n) is 16.6. The molecule has 0 aliphatic carbocycles. The zero-order valence-electron chi connectivity index (χ0n) is 52.5. The zero-order valence-corrected chi connectivity index (χ0v) is 53.4. The van der Waals surface area contributed by atoms with E-state index in [0.717, 1.165) is 27.6 Å². The minimum atomic E-state index is -1.99. The molecule has 5 aromatic rings. The smallest absolute Gasteiger partial charge is 0.207 e. The first-order valence-electron chi connectivity index (χ1n) is 28.7. The fourth-order valence-electron chi connectivity index (χ4n) is 10.9. The Balaban J connectivity index is 1.86. The average Bonchev–Trinajstić information content (AvgIpc) is 3.65. The van der Waals surface area contributed by atoms with E-state index in [9.17, 15) is 0 Å². The van der Waals surface area contributed by atoms with Crippen molar-refractivity contribution in [2.24, 2.45) is 0 Å². The van der Waals surface area contributed by atoms with Crippen LogP contribution >= 0.6 is 8.38 Å². The van der Waals surface area contributed by atoms with Gasteiger partial charge in [0.2, 0.25) is 8.38 Å². The summed E-state index contributed by atoms with van der Waals surface area (Å²) in [5, 5.41) is 0.987. The molecule has 2 aliphatic rings. The van der Waals surface area contributed by atoms with E-state index in [0.29, 0.717) is 12.8 Å². The molecule has 2 aliphatic heterocycles. The van der Waals surface area contributed by atoms with Gasteiger partial charge in [-0.15, -0.1) is 0 Å². The summed E-state index contributed by atoms with van der Waals surface area (Å²) in [5.74, 6) is -0.989. The van der Waals surface area contributed by atoms with Gasteiger partial charge in [-0.2, -0.15) is 0 Å². The number of fused-ring (bicyclic) bond motifs is 1. The maximum absolute atomic E-state index is 8.65. The fourth-order valence-corrected chi connectivity index (χ4v) is 12.7. The van der Waals surface area contributed by atoms with Crippen molar-refractivity contribution in [2.75, 3.05) is 0 Å². The van der Waals surface area contributed by atoms with Crippen molar-refractivity contribution in [3.05, 3.63) is 170 Å². The number of hydrogen-bond acceptors (Lipinski definition) is 4. The highest BCUT2D eigenvalue weighted by molar-refractivity contribution is 7.56. The normalized spacial score (nSPS) is 19.9. The number of ether oxygens (including phenoxy) is 2. The lowest BCUT2D eigenvalue weighted by molar-refractivity contribution is -0.201. The highest BCUT2D eigenvalue weighted by Gasteiger charge is 2.68. The first-order valence-corrected chi connectivity index (χ1v) is 29.9. The molecule has 4 nitrogen and oxygen atoms in total. The molecule has 0 N–H and O–H groups in total. The molecule has 2 atom stereocenters. The molecule has 0 aromatic heterocycles. The van der Waals surface area contributed by atoms with Crippen LogP contribution < -0.4 is 5.30 Å². The van der Waals surface area contributed by atoms with E-state index in [1.165, 1.54) is 44.5 Å². The van der Waals surface area contributed by atoms with Gasteiger partial charge < -0.3 is 18.5 Å². The van der Waals surface area contributed by atoms with Gasteiger partial charge in [-0.1, -0.05) is 271 Å². The van der Waals surface area contributed by atoms with Crippen LogP contribution in [0, 0.1) is 0 Å². The van der Waals surface area contributed by atoms with Crippen molar-refractivity contribution in [1.29, 1.82) is 0 Å². The summed E-state index contributed by atoms with van der Waals surface area (Å²) < 4.78 is 33.7. The van der Waals surface area contributed by atoms with E-state index < -0.39 is 37.6 Å². The van der Waals surface area contributed by atoms with Crippen LogP contribution in [0.3, 0.4) is 0 Å². The summed E-state index contributed by atoms with van der Waals surface area (Å²) in [5.41, 5.74) is 9.96. The summed E-state index contributed by atoms with van der Waals surface area (Å²) >= 11 is 0. The van der Waals surface area contributed by atoms with E-state index in [2.05, 4.69) is 283 Å². The van der Waals surface area contributed by atoms with E-state index in [1.54, 1.807) is 0 Å². The monoisotopic (exact) mass is 1050 g/mol. The number of rotatable bonds is 7. The maximum Gasteiger partial charge on any atom is 0.207 e. The van der Waals surface area contributed by atoms with Crippen molar-refractivity contribution >= 4 is 13.7 Å². The second kappa shape index (κ2) is 19.9. The number of benzene rings is 5. The Morgan fingerprint density at radius 3 is 0.724 bits per heavy atom. The van der Waals surface area contributed by atoms with Crippen LogP contribution in [0.5, 0.6) is 0 Å². The van der Waals surface area contributed by atoms with Crippen LogP contribution in [-0.4, -0.2) is 18.0 Å². The molecule has 414 valence electrons. The Labute approximate surface area is 465 Å². The molecule has 5 heteroatoms. The summed E-state index contributed by atoms with van der Waals surface area (Å²) in [6, 6.07) is 40.2. The highest BCUT2D eigenvalue weighted by atomic mass is 31.2. The molecule has 5 aromatic carbocycles. The second-order valence-corrected chi connectivity index (χ2v) is 32.5. The lowest BCUT2D eigenvalue weighted by Crippen LogP contribution is -2.54. The van der Waals surface area contributed by atoms with Crippen molar-refractivity contribution in [3.63, 3.8) is 0 Å². The zero-order chi connectivity index (χ0) is 57.0. The lowest BCUT2D eigenvalue weighted by atomic mass is 9.67. The molecular weight excluding hydrogens is 948 g/mol. The summed E-state index contributed by atoms with van der Waals surface area (Å²) in [4.78, 5) is 0. The summed E-state index contributed by atoms with van der Waals surface area (Å²) in [7, 11) is -1.99.